The summed E-state index contributed by atoms with van der Waals surface area (Å²) in [5.41, 5.74) is -0.477. The van der Waals surface area contributed by atoms with Crippen molar-refractivity contribution in [1.82, 2.24) is 5.32 Å². The van der Waals surface area contributed by atoms with Crippen LogP contribution in [0.3, 0.4) is 0 Å². The van der Waals surface area contributed by atoms with Gasteiger partial charge in [0.2, 0.25) is 0 Å². The second-order valence-corrected chi connectivity index (χ2v) is 4.72. The molecule has 1 saturated heterocycles. The van der Waals surface area contributed by atoms with Crippen LogP contribution in [-0.2, 0) is 9.53 Å². The SMILES string of the molecule is CC(C)(C)OC(=O)C[C@H]1CNC[C@@H]1F. The van der Waals surface area contributed by atoms with Crippen LogP contribution in [0.15, 0.2) is 0 Å². The van der Waals surface area contributed by atoms with Gasteiger partial charge in [-0.3, -0.25) is 4.79 Å². The minimum atomic E-state index is -0.914. The molecule has 0 aromatic carbocycles. The van der Waals surface area contributed by atoms with E-state index in [1.807, 2.05) is 20.8 Å². The van der Waals surface area contributed by atoms with Crippen molar-refractivity contribution in [3.05, 3.63) is 0 Å². The van der Waals surface area contributed by atoms with Crippen molar-refractivity contribution >= 4 is 5.97 Å². The molecule has 2 atom stereocenters. The first-order valence-corrected chi connectivity index (χ1v) is 4.95. The van der Waals surface area contributed by atoms with Crippen molar-refractivity contribution in [2.45, 2.75) is 39.0 Å². The van der Waals surface area contributed by atoms with E-state index in [-0.39, 0.29) is 18.3 Å². The van der Waals surface area contributed by atoms with E-state index < -0.39 is 11.8 Å². The molecule has 1 N–H and O–H groups in total. The zero-order chi connectivity index (χ0) is 10.8. The van der Waals surface area contributed by atoms with Gasteiger partial charge in [0.15, 0.2) is 0 Å². The second kappa shape index (κ2) is 4.26. The summed E-state index contributed by atoms with van der Waals surface area (Å²) in [5, 5.41) is 2.91. The first-order valence-electron chi connectivity index (χ1n) is 4.95. The van der Waals surface area contributed by atoms with E-state index in [0.717, 1.165) is 0 Å². The average molecular weight is 203 g/mol. The maximum absolute atomic E-state index is 13.1. The highest BCUT2D eigenvalue weighted by atomic mass is 19.1. The number of halogens is 1. The predicted octanol–water partition coefficient (Wildman–Crippen LogP) is 1.28. The van der Waals surface area contributed by atoms with Crippen LogP contribution in [0.1, 0.15) is 27.2 Å². The van der Waals surface area contributed by atoms with Gasteiger partial charge in [0.05, 0.1) is 6.42 Å². The van der Waals surface area contributed by atoms with E-state index in [4.69, 9.17) is 4.74 Å². The Morgan fingerprint density at radius 3 is 2.57 bits per heavy atom. The van der Waals surface area contributed by atoms with E-state index in [0.29, 0.717) is 13.1 Å². The van der Waals surface area contributed by atoms with Crippen LogP contribution < -0.4 is 5.32 Å². The van der Waals surface area contributed by atoms with Crippen LogP contribution in [0.5, 0.6) is 0 Å². The van der Waals surface area contributed by atoms with E-state index >= 15 is 0 Å². The van der Waals surface area contributed by atoms with Gasteiger partial charge in [-0.2, -0.15) is 0 Å². The first kappa shape index (κ1) is 11.4. The molecule has 0 aromatic heterocycles. The Morgan fingerprint density at radius 1 is 1.50 bits per heavy atom. The molecule has 0 amide bonds. The quantitative estimate of drug-likeness (QED) is 0.687. The predicted molar refractivity (Wildman–Crippen MR) is 51.7 cm³/mol. The minimum Gasteiger partial charge on any atom is -0.460 e. The molecule has 1 fully saturated rings. The standard InChI is InChI=1S/C10H18FNO2/c1-10(2,3)14-9(13)4-7-5-12-6-8(7)11/h7-8,12H,4-6H2,1-3H3/t7-,8-/m0/s1. The summed E-state index contributed by atoms with van der Waals surface area (Å²) in [5.74, 6) is -0.529. The lowest BCUT2D eigenvalue weighted by Gasteiger charge is -2.21. The molecule has 1 rings (SSSR count). The lowest BCUT2D eigenvalue weighted by molar-refractivity contribution is -0.156. The lowest BCUT2D eigenvalue weighted by atomic mass is 10.0. The number of hydrogen-bond acceptors (Lipinski definition) is 3. The van der Waals surface area contributed by atoms with Crippen molar-refractivity contribution < 1.29 is 13.9 Å². The molecule has 0 saturated carbocycles. The first-order chi connectivity index (χ1) is 6.38. The molecule has 1 aliphatic heterocycles. The van der Waals surface area contributed by atoms with Crippen molar-refractivity contribution in [3.8, 4) is 0 Å². The van der Waals surface area contributed by atoms with Gasteiger partial charge in [0.1, 0.15) is 11.8 Å². The van der Waals surface area contributed by atoms with Gasteiger partial charge in [-0.1, -0.05) is 0 Å². The summed E-state index contributed by atoms with van der Waals surface area (Å²) < 4.78 is 18.2. The van der Waals surface area contributed by atoms with Gasteiger partial charge in [0.25, 0.3) is 0 Å². The molecule has 0 aliphatic carbocycles. The van der Waals surface area contributed by atoms with Crippen molar-refractivity contribution in [2.75, 3.05) is 13.1 Å². The summed E-state index contributed by atoms with van der Waals surface area (Å²) in [6, 6.07) is 0. The summed E-state index contributed by atoms with van der Waals surface area (Å²) in [7, 11) is 0. The van der Waals surface area contributed by atoms with Crippen LogP contribution in [0.2, 0.25) is 0 Å². The molecule has 3 nitrogen and oxygen atoms in total. The highest BCUT2D eigenvalue weighted by Gasteiger charge is 2.30. The fraction of sp³-hybridized carbons (Fsp3) is 0.900. The lowest BCUT2D eigenvalue weighted by Crippen LogP contribution is -2.27. The van der Waals surface area contributed by atoms with E-state index in [1.54, 1.807) is 0 Å². The summed E-state index contributed by atoms with van der Waals surface area (Å²) in [4.78, 5) is 11.3. The fourth-order valence-electron chi connectivity index (χ4n) is 1.50. The molecule has 0 radical (unpaired) electrons. The third-order valence-electron chi connectivity index (χ3n) is 2.11. The Morgan fingerprint density at radius 2 is 2.14 bits per heavy atom. The molecular weight excluding hydrogens is 185 g/mol. The molecule has 0 unspecified atom stereocenters. The van der Waals surface area contributed by atoms with E-state index in [2.05, 4.69) is 5.32 Å². The molecule has 0 bridgehead atoms. The van der Waals surface area contributed by atoms with Crippen LogP contribution in [0.4, 0.5) is 4.39 Å². The van der Waals surface area contributed by atoms with Crippen molar-refractivity contribution in [1.29, 1.82) is 0 Å². The number of carbonyl (C=O) groups excluding carboxylic acids is 1. The number of alkyl halides is 1. The monoisotopic (exact) mass is 203 g/mol. The zero-order valence-corrected chi connectivity index (χ0v) is 8.97. The molecule has 1 heterocycles. The number of ether oxygens (including phenoxy) is 1. The van der Waals surface area contributed by atoms with Gasteiger partial charge < -0.3 is 10.1 Å². The summed E-state index contributed by atoms with van der Waals surface area (Å²) in [6.07, 6.45) is -0.742. The number of carbonyl (C=O) groups is 1. The number of esters is 1. The minimum absolute atomic E-state index is 0.172. The van der Waals surface area contributed by atoms with Gasteiger partial charge in [-0.15, -0.1) is 0 Å². The van der Waals surface area contributed by atoms with Gasteiger partial charge in [-0.05, 0) is 20.8 Å². The molecule has 82 valence electrons. The molecule has 0 spiro atoms. The zero-order valence-electron chi connectivity index (χ0n) is 8.97. The van der Waals surface area contributed by atoms with Crippen LogP contribution in [-0.4, -0.2) is 30.8 Å². The Hall–Kier alpha value is -0.640. The molecular formula is C10H18FNO2. The average Bonchev–Trinajstić information content (AvgIpc) is 2.32. The number of nitrogens with one attached hydrogen (secondary N) is 1. The maximum atomic E-state index is 13.1. The van der Waals surface area contributed by atoms with Crippen molar-refractivity contribution in [2.24, 2.45) is 5.92 Å². The van der Waals surface area contributed by atoms with Gasteiger partial charge >= 0.3 is 5.97 Å². The van der Waals surface area contributed by atoms with Gasteiger partial charge in [0, 0.05) is 19.0 Å². The topological polar surface area (TPSA) is 38.3 Å². The summed E-state index contributed by atoms with van der Waals surface area (Å²) >= 11 is 0. The van der Waals surface area contributed by atoms with E-state index in [9.17, 15) is 9.18 Å². The second-order valence-electron chi connectivity index (χ2n) is 4.72. The Bertz CT molecular complexity index is 213. The van der Waals surface area contributed by atoms with Crippen LogP contribution in [0, 0.1) is 5.92 Å². The maximum Gasteiger partial charge on any atom is 0.306 e. The Kier molecular flexibility index (Phi) is 3.48. The largest absolute Gasteiger partial charge is 0.460 e. The van der Waals surface area contributed by atoms with E-state index in [1.165, 1.54) is 0 Å². The molecule has 0 aromatic rings. The molecule has 4 heteroatoms. The number of hydrogen-bond donors (Lipinski definition) is 1. The molecule has 1 aliphatic rings. The van der Waals surface area contributed by atoms with Crippen LogP contribution >= 0.6 is 0 Å². The Labute approximate surface area is 84.0 Å². The summed E-state index contributed by atoms with van der Waals surface area (Å²) in [6.45, 7) is 6.36. The van der Waals surface area contributed by atoms with Crippen LogP contribution in [0.25, 0.3) is 0 Å². The van der Waals surface area contributed by atoms with Gasteiger partial charge in [-0.25, -0.2) is 4.39 Å². The smallest absolute Gasteiger partial charge is 0.306 e. The Balaban J connectivity index is 2.33. The number of rotatable bonds is 2. The normalized spacial score (nSPS) is 27.7. The fourth-order valence-corrected chi connectivity index (χ4v) is 1.50. The highest BCUT2D eigenvalue weighted by molar-refractivity contribution is 5.70. The van der Waals surface area contributed by atoms with Crippen molar-refractivity contribution in [3.63, 3.8) is 0 Å². The highest BCUT2D eigenvalue weighted by Crippen LogP contribution is 2.19. The third-order valence-corrected chi connectivity index (χ3v) is 2.11. The molecule has 14 heavy (non-hydrogen) atoms. The third kappa shape index (κ3) is 3.62.